The predicted octanol–water partition coefficient (Wildman–Crippen LogP) is 5.36. The number of carbonyl (C=O) groups is 1. The molecule has 0 saturated carbocycles. The summed E-state index contributed by atoms with van der Waals surface area (Å²) in [4.78, 5) is 21.3. The van der Waals surface area contributed by atoms with Gasteiger partial charge in [-0.05, 0) is 97.1 Å². The second-order valence-corrected chi connectivity index (χ2v) is 12.5. The molecule has 2 saturated heterocycles. The highest BCUT2D eigenvalue weighted by molar-refractivity contribution is 7.98. The number of carbonyl (C=O) groups excluding carboxylic acids is 1. The first-order valence-corrected chi connectivity index (χ1v) is 16.2. The molecule has 3 N–H and O–H groups in total. The lowest BCUT2D eigenvalue weighted by molar-refractivity contribution is -0.136. The monoisotopic (exact) mass is 592 g/mol. The highest BCUT2D eigenvalue weighted by atomic mass is 35.5. The van der Waals surface area contributed by atoms with Crippen LogP contribution < -0.4 is 5.73 Å². The first-order valence-electron chi connectivity index (χ1n) is 14.6. The molecule has 8 heteroatoms. The van der Waals surface area contributed by atoms with Crippen molar-refractivity contribution in [2.45, 2.75) is 36.7 Å². The van der Waals surface area contributed by atoms with Crippen molar-refractivity contribution >= 4 is 29.3 Å². The lowest BCUT2D eigenvalue weighted by atomic mass is 9.88. The Kier molecular flexibility index (Phi) is 10.3. The number of piperidine rings is 1. The molecule has 0 radical (unpaired) electrons. The van der Waals surface area contributed by atoms with E-state index in [4.69, 9.17) is 17.3 Å². The van der Waals surface area contributed by atoms with Gasteiger partial charge >= 0.3 is 0 Å². The van der Waals surface area contributed by atoms with Crippen molar-refractivity contribution in [3.8, 4) is 16.9 Å². The van der Waals surface area contributed by atoms with E-state index >= 15 is 0 Å². The second-order valence-electron chi connectivity index (χ2n) is 11.2. The van der Waals surface area contributed by atoms with Crippen molar-refractivity contribution in [2.75, 3.05) is 52.1 Å². The number of amides is 1. The summed E-state index contributed by atoms with van der Waals surface area (Å²) in [6.45, 7) is 6.69. The lowest BCUT2D eigenvalue weighted by Gasteiger charge is -2.39. The van der Waals surface area contributed by atoms with Gasteiger partial charge < -0.3 is 20.6 Å². The fraction of sp³-hybridized carbons (Fsp3) is 0.424. The maximum absolute atomic E-state index is 13.3. The van der Waals surface area contributed by atoms with Crippen molar-refractivity contribution in [1.29, 1.82) is 0 Å². The maximum Gasteiger partial charge on any atom is 0.239 e. The van der Waals surface area contributed by atoms with Crippen molar-refractivity contribution in [3.05, 3.63) is 82.9 Å². The average Bonchev–Trinajstić information content (AvgIpc) is 3.00. The highest BCUT2D eigenvalue weighted by Gasteiger charge is 2.32. The number of halogens is 1. The minimum Gasteiger partial charge on any atom is -0.508 e. The summed E-state index contributed by atoms with van der Waals surface area (Å²) in [5.41, 5.74) is 11.4. The number of phenolic OH excluding ortho intramolecular Hbond substituents is 1. The fourth-order valence-corrected chi connectivity index (χ4v) is 6.94. The summed E-state index contributed by atoms with van der Waals surface area (Å²) < 4.78 is 0. The van der Waals surface area contributed by atoms with Crippen LogP contribution in [-0.4, -0.2) is 83.8 Å². The van der Waals surface area contributed by atoms with Crippen LogP contribution in [0.15, 0.2) is 71.6 Å². The molecule has 3 aromatic carbocycles. The van der Waals surface area contributed by atoms with E-state index in [9.17, 15) is 9.90 Å². The summed E-state index contributed by atoms with van der Waals surface area (Å²) in [5.74, 6) is 0.612. The SMILES string of the molecule is CSc1ccc(O)cc1CN1CCN(C(=O)[C@H](N)C2CCN(CCc3cc(Cl)ccc3-c3ccccc3)CC2)CC1. The lowest BCUT2D eigenvalue weighted by Crippen LogP contribution is -2.55. The highest BCUT2D eigenvalue weighted by Crippen LogP contribution is 2.29. The number of thioether (sulfide) groups is 1. The molecule has 2 heterocycles. The zero-order valence-electron chi connectivity index (χ0n) is 23.8. The molecule has 0 aromatic heterocycles. The second kappa shape index (κ2) is 14.1. The Bertz CT molecular complexity index is 1310. The number of aromatic hydroxyl groups is 1. The number of rotatable bonds is 9. The van der Waals surface area contributed by atoms with Gasteiger partial charge in [0.05, 0.1) is 6.04 Å². The Morgan fingerprint density at radius 2 is 1.68 bits per heavy atom. The predicted molar refractivity (Wildman–Crippen MR) is 169 cm³/mol. The normalized spacial score (nSPS) is 18.0. The molecule has 0 spiro atoms. The summed E-state index contributed by atoms with van der Waals surface area (Å²) in [6.07, 6.45) is 4.89. The number of nitrogens with zero attached hydrogens (tertiary/aromatic N) is 3. The van der Waals surface area contributed by atoms with Crippen LogP contribution in [0.3, 0.4) is 0 Å². The standard InChI is InChI=1S/C33H41ClN4O2S/c1-41-31-10-8-29(39)22-27(31)23-37-17-19-38(20-18-37)33(40)32(35)25-11-14-36(15-12-25)16-13-26-21-28(34)7-9-30(26)24-5-3-2-4-6-24/h2-10,21-22,25,32,39H,11-20,23,35H2,1H3/t32-/m1/s1. The van der Waals surface area contributed by atoms with Gasteiger partial charge in [-0.25, -0.2) is 0 Å². The van der Waals surface area contributed by atoms with E-state index in [1.807, 2.05) is 29.2 Å². The van der Waals surface area contributed by atoms with Crippen LogP contribution in [0, 0.1) is 5.92 Å². The first kappa shape index (κ1) is 29.9. The quantitative estimate of drug-likeness (QED) is 0.326. The Labute approximate surface area is 253 Å². The average molecular weight is 593 g/mol. The Hall–Kier alpha value is -2.55. The van der Waals surface area contributed by atoms with Crippen LogP contribution in [-0.2, 0) is 17.8 Å². The maximum atomic E-state index is 13.3. The third-order valence-corrected chi connectivity index (χ3v) is 9.69. The van der Waals surface area contributed by atoms with E-state index in [1.54, 1.807) is 17.8 Å². The van der Waals surface area contributed by atoms with Crippen LogP contribution in [0.4, 0.5) is 0 Å². The molecular formula is C33H41ClN4O2S. The smallest absolute Gasteiger partial charge is 0.239 e. The molecule has 2 aliphatic rings. The van der Waals surface area contributed by atoms with Gasteiger partial charge in [0.15, 0.2) is 0 Å². The van der Waals surface area contributed by atoms with Gasteiger partial charge in [0.25, 0.3) is 0 Å². The van der Waals surface area contributed by atoms with Gasteiger partial charge in [0.2, 0.25) is 5.91 Å². The van der Waals surface area contributed by atoms with E-state index in [-0.39, 0.29) is 11.8 Å². The molecule has 3 aromatic rings. The van der Waals surface area contributed by atoms with Crippen molar-refractivity contribution in [2.24, 2.45) is 11.7 Å². The largest absolute Gasteiger partial charge is 0.508 e. The van der Waals surface area contributed by atoms with E-state index < -0.39 is 6.04 Å². The minimum absolute atomic E-state index is 0.0942. The molecule has 1 amide bonds. The number of phenols is 1. The van der Waals surface area contributed by atoms with Gasteiger partial charge in [-0.2, -0.15) is 0 Å². The molecule has 41 heavy (non-hydrogen) atoms. The molecular weight excluding hydrogens is 552 g/mol. The van der Waals surface area contributed by atoms with Gasteiger partial charge in [0, 0.05) is 49.2 Å². The number of hydrogen-bond donors (Lipinski definition) is 2. The van der Waals surface area contributed by atoms with Crippen LogP contribution in [0.2, 0.25) is 5.02 Å². The topological polar surface area (TPSA) is 73.0 Å². The Balaban J connectivity index is 1.08. The van der Waals surface area contributed by atoms with E-state index in [0.29, 0.717) is 18.8 Å². The van der Waals surface area contributed by atoms with E-state index in [1.165, 1.54) is 21.6 Å². The molecule has 6 nitrogen and oxygen atoms in total. The molecule has 0 bridgehead atoms. The van der Waals surface area contributed by atoms with Gasteiger partial charge in [0.1, 0.15) is 5.75 Å². The van der Waals surface area contributed by atoms with Crippen LogP contribution >= 0.6 is 23.4 Å². The molecule has 2 aliphatic heterocycles. The Morgan fingerprint density at radius 1 is 0.951 bits per heavy atom. The summed E-state index contributed by atoms with van der Waals surface area (Å²) in [7, 11) is 0. The van der Waals surface area contributed by atoms with Crippen molar-refractivity contribution in [3.63, 3.8) is 0 Å². The van der Waals surface area contributed by atoms with E-state index in [2.05, 4.69) is 52.5 Å². The molecule has 0 unspecified atom stereocenters. The summed E-state index contributed by atoms with van der Waals surface area (Å²) in [6, 6.07) is 21.8. The molecule has 0 aliphatic carbocycles. The van der Waals surface area contributed by atoms with Gasteiger partial charge in [-0.1, -0.05) is 48.0 Å². The van der Waals surface area contributed by atoms with Crippen LogP contribution in [0.5, 0.6) is 5.75 Å². The summed E-state index contributed by atoms with van der Waals surface area (Å²) in [5, 5.41) is 10.7. The van der Waals surface area contributed by atoms with E-state index in [0.717, 1.165) is 69.1 Å². The zero-order valence-corrected chi connectivity index (χ0v) is 25.4. The molecule has 1 atom stereocenters. The number of benzene rings is 3. The van der Waals surface area contributed by atoms with Crippen LogP contribution in [0.1, 0.15) is 24.0 Å². The third kappa shape index (κ3) is 7.65. The number of hydrogen-bond acceptors (Lipinski definition) is 6. The number of likely N-dealkylation sites (tertiary alicyclic amines) is 1. The van der Waals surface area contributed by atoms with Gasteiger partial charge in [-0.3, -0.25) is 9.69 Å². The van der Waals surface area contributed by atoms with Crippen molar-refractivity contribution < 1.29 is 9.90 Å². The van der Waals surface area contributed by atoms with Gasteiger partial charge in [-0.15, -0.1) is 11.8 Å². The Morgan fingerprint density at radius 3 is 2.39 bits per heavy atom. The number of nitrogens with two attached hydrogens (primary N) is 1. The molecule has 2 fully saturated rings. The first-order chi connectivity index (χ1) is 19.9. The minimum atomic E-state index is -0.435. The fourth-order valence-electron chi connectivity index (χ4n) is 6.15. The van der Waals surface area contributed by atoms with Crippen LogP contribution in [0.25, 0.3) is 11.1 Å². The molecule has 218 valence electrons. The van der Waals surface area contributed by atoms with Crippen molar-refractivity contribution in [1.82, 2.24) is 14.7 Å². The number of piperazine rings is 1. The third-order valence-electron chi connectivity index (χ3n) is 8.62. The molecule has 5 rings (SSSR count). The summed E-state index contributed by atoms with van der Waals surface area (Å²) >= 11 is 8.05. The zero-order chi connectivity index (χ0) is 28.8.